The number of nitrogens with zero attached hydrogens (tertiary/aromatic N) is 5. The predicted molar refractivity (Wildman–Crippen MR) is 137 cm³/mol. The number of amides is 1. The van der Waals surface area contributed by atoms with Gasteiger partial charge in [-0.2, -0.15) is 5.06 Å². The first-order chi connectivity index (χ1) is 18.0. The van der Waals surface area contributed by atoms with Crippen LogP contribution in [-0.4, -0.2) is 63.8 Å². The number of fused-ring (bicyclic) bond motifs is 1. The summed E-state index contributed by atoms with van der Waals surface area (Å²) in [7, 11) is 1.56. The van der Waals surface area contributed by atoms with Crippen molar-refractivity contribution in [2.75, 3.05) is 37.0 Å². The first-order valence-corrected chi connectivity index (χ1v) is 12.1. The van der Waals surface area contributed by atoms with Gasteiger partial charge in [0.25, 0.3) is 5.56 Å². The molecule has 37 heavy (non-hydrogen) atoms. The van der Waals surface area contributed by atoms with Gasteiger partial charge in [0.05, 0.1) is 12.8 Å². The van der Waals surface area contributed by atoms with Gasteiger partial charge in [-0.15, -0.1) is 0 Å². The molecular formula is C26H30N6O5. The molecule has 0 aliphatic carbocycles. The lowest BCUT2D eigenvalue weighted by molar-refractivity contribution is -0.140. The number of aromatic nitrogens is 3. The molecule has 3 aromatic rings. The van der Waals surface area contributed by atoms with Crippen LogP contribution < -0.4 is 15.8 Å². The van der Waals surface area contributed by atoms with Crippen LogP contribution >= 0.6 is 0 Å². The third-order valence-corrected chi connectivity index (χ3v) is 6.29. The summed E-state index contributed by atoms with van der Waals surface area (Å²) in [6.07, 6.45) is 3.46. The molecule has 0 saturated carbocycles. The van der Waals surface area contributed by atoms with Crippen molar-refractivity contribution in [3.05, 3.63) is 82.0 Å². The highest BCUT2D eigenvalue weighted by Gasteiger charge is 2.34. The van der Waals surface area contributed by atoms with E-state index in [9.17, 15) is 19.5 Å². The largest absolute Gasteiger partial charge is 0.480 e. The molecule has 1 aliphatic heterocycles. The quantitative estimate of drug-likeness (QED) is 0.264. The summed E-state index contributed by atoms with van der Waals surface area (Å²) in [5.74, 6) is -0.819. The molecule has 194 valence electrons. The molecule has 2 N–H and O–H groups in total. The van der Waals surface area contributed by atoms with E-state index in [0.29, 0.717) is 44.6 Å². The van der Waals surface area contributed by atoms with Gasteiger partial charge in [-0.3, -0.25) is 24.0 Å². The molecule has 0 radical (unpaired) electrons. The van der Waals surface area contributed by atoms with Crippen molar-refractivity contribution < 1.29 is 19.5 Å². The van der Waals surface area contributed by atoms with Crippen LogP contribution in [0.15, 0.2) is 59.5 Å². The Hall–Kier alpha value is -4.09. The number of hydrogen-bond acceptors (Lipinski definition) is 8. The Morgan fingerprint density at radius 1 is 1.22 bits per heavy atom. The molecule has 1 atom stereocenters. The minimum atomic E-state index is -1.09. The molecule has 0 spiro atoms. The number of anilines is 2. The Bertz CT molecular complexity index is 1270. The van der Waals surface area contributed by atoms with E-state index in [2.05, 4.69) is 15.3 Å². The Morgan fingerprint density at radius 3 is 2.68 bits per heavy atom. The minimum Gasteiger partial charge on any atom is -0.480 e. The van der Waals surface area contributed by atoms with Crippen LogP contribution in [0.25, 0.3) is 0 Å². The number of hydroxylamine groups is 2. The lowest BCUT2D eigenvalue weighted by Gasteiger charge is -2.25. The van der Waals surface area contributed by atoms with Gasteiger partial charge >= 0.3 is 5.97 Å². The number of nitrogens with one attached hydrogen (secondary N) is 1. The maximum atomic E-state index is 13.2. The number of rotatable bonds is 13. The van der Waals surface area contributed by atoms with Crippen LogP contribution in [0.3, 0.4) is 0 Å². The van der Waals surface area contributed by atoms with Crippen molar-refractivity contribution in [2.45, 2.75) is 31.8 Å². The van der Waals surface area contributed by atoms with Crippen molar-refractivity contribution >= 4 is 24.0 Å². The molecule has 0 bridgehead atoms. The van der Waals surface area contributed by atoms with Crippen molar-refractivity contribution in [1.82, 2.24) is 19.6 Å². The Balaban J connectivity index is 1.57. The van der Waals surface area contributed by atoms with E-state index in [1.807, 2.05) is 48.5 Å². The smallest absolute Gasteiger partial charge is 0.326 e. The highest BCUT2D eigenvalue weighted by atomic mass is 16.7. The van der Waals surface area contributed by atoms with Gasteiger partial charge in [0.2, 0.25) is 6.41 Å². The second-order valence-electron chi connectivity index (χ2n) is 8.63. The number of carboxylic acid groups (broad SMARTS) is 1. The third kappa shape index (κ3) is 6.19. The van der Waals surface area contributed by atoms with E-state index < -0.39 is 17.6 Å². The van der Waals surface area contributed by atoms with E-state index in [0.717, 1.165) is 11.3 Å². The minimum absolute atomic E-state index is 0.00237. The molecule has 0 saturated heterocycles. The van der Waals surface area contributed by atoms with Crippen LogP contribution in [-0.2, 0) is 33.8 Å². The van der Waals surface area contributed by atoms with Crippen molar-refractivity contribution in [2.24, 2.45) is 0 Å². The third-order valence-electron chi connectivity index (χ3n) is 6.29. The number of carbonyl (C=O) groups excluding carboxylic acids is 1. The SMILES string of the molecule is CON(CCN(C=O)c1nc(NCCc2ccccn2)c(=O)n2c1CCC2C(=O)O)Cc1ccccc1. The lowest BCUT2D eigenvalue weighted by atomic mass is 10.2. The Morgan fingerprint density at radius 2 is 2.00 bits per heavy atom. The van der Waals surface area contributed by atoms with E-state index in [4.69, 9.17) is 4.84 Å². The highest BCUT2D eigenvalue weighted by molar-refractivity contribution is 5.77. The van der Waals surface area contributed by atoms with Gasteiger partial charge in [-0.05, 0) is 30.5 Å². The summed E-state index contributed by atoms with van der Waals surface area (Å²) in [6, 6.07) is 14.3. The molecule has 1 aliphatic rings. The lowest BCUT2D eigenvalue weighted by Crippen LogP contribution is -2.37. The van der Waals surface area contributed by atoms with Gasteiger partial charge in [0.1, 0.15) is 6.04 Å². The molecule has 1 unspecified atom stereocenters. The van der Waals surface area contributed by atoms with E-state index in [-0.39, 0.29) is 24.6 Å². The molecule has 0 fully saturated rings. The predicted octanol–water partition coefficient (Wildman–Crippen LogP) is 1.89. The summed E-state index contributed by atoms with van der Waals surface area (Å²) >= 11 is 0. The number of pyridine rings is 1. The number of hydrogen-bond donors (Lipinski definition) is 2. The standard InChI is InChI=1S/C26H30N6O5/c1-37-31(17-19-7-3-2-4-8-19)16-15-30(18-33)24-21-10-11-22(26(35)36)32(21)25(34)23(29-24)28-14-12-20-9-5-6-13-27-20/h2-9,13,18,22H,10-12,14-17H2,1H3,(H,28,29)(H,35,36). The van der Waals surface area contributed by atoms with Gasteiger partial charge in [0, 0.05) is 44.5 Å². The summed E-state index contributed by atoms with van der Waals surface area (Å²) in [4.78, 5) is 52.9. The zero-order chi connectivity index (χ0) is 26.2. The first-order valence-electron chi connectivity index (χ1n) is 12.1. The van der Waals surface area contributed by atoms with Crippen molar-refractivity contribution in [3.63, 3.8) is 0 Å². The van der Waals surface area contributed by atoms with E-state index in [1.165, 1.54) is 9.47 Å². The van der Waals surface area contributed by atoms with Crippen LogP contribution in [0, 0.1) is 0 Å². The van der Waals surface area contributed by atoms with Crippen LogP contribution in [0.4, 0.5) is 11.6 Å². The summed E-state index contributed by atoms with van der Waals surface area (Å²) in [5.41, 5.74) is 1.81. The maximum Gasteiger partial charge on any atom is 0.326 e. The number of carboxylic acids is 1. The monoisotopic (exact) mass is 506 g/mol. The van der Waals surface area contributed by atoms with Crippen LogP contribution in [0.1, 0.15) is 29.4 Å². The zero-order valence-electron chi connectivity index (χ0n) is 20.6. The average molecular weight is 507 g/mol. The van der Waals surface area contributed by atoms with Gasteiger partial charge in [-0.25, -0.2) is 9.78 Å². The summed E-state index contributed by atoms with van der Waals surface area (Å²) in [5, 5.41) is 14.5. The molecule has 1 amide bonds. The van der Waals surface area contributed by atoms with E-state index in [1.54, 1.807) is 18.4 Å². The molecule has 3 heterocycles. The second-order valence-corrected chi connectivity index (χ2v) is 8.63. The Kier molecular flexibility index (Phi) is 8.60. The summed E-state index contributed by atoms with van der Waals surface area (Å²) in [6.45, 7) is 1.49. The normalized spacial score (nSPS) is 14.4. The van der Waals surface area contributed by atoms with Crippen molar-refractivity contribution in [3.8, 4) is 0 Å². The second kappa shape index (κ2) is 12.2. The fraction of sp³-hybridized carbons (Fsp3) is 0.346. The van der Waals surface area contributed by atoms with Gasteiger partial charge < -0.3 is 15.3 Å². The molecule has 2 aromatic heterocycles. The fourth-order valence-corrected chi connectivity index (χ4v) is 4.41. The maximum absolute atomic E-state index is 13.2. The zero-order valence-corrected chi connectivity index (χ0v) is 20.6. The molecule has 11 nitrogen and oxygen atoms in total. The van der Waals surface area contributed by atoms with Gasteiger partial charge in [-0.1, -0.05) is 36.4 Å². The number of carbonyl (C=O) groups is 2. The van der Waals surface area contributed by atoms with Crippen LogP contribution in [0.2, 0.25) is 0 Å². The fourth-order valence-electron chi connectivity index (χ4n) is 4.41. The van der Waals surface area contributed by atoms with Crippen LogP contribution in [0.5, 0.6) is 0 Å². The van der Waals surface area contributed by atoms with E-state index >= 15 is 0 Å². The van der Waals surface area contributed by atoms with Crippen molar-refractivity contribution in [1.29, 1.82) is 0 Å². The molecule has 1 aromatic carbocycles. The highest BCUT2D eigenvalue weighted by Crippen LogP contribution is 2.30. The first kappa shape index (κ1) is 26.0. The molecule has 4 rings (SSSR count). The topological polar surface area (TPSA) is 130 Å². The summed E-state index contributed by atoms with van der Waals surface area (Å²) < 4.78 is 1.25. The number of aliphatic carboxylic acids is 1. The number of benzene rings is 1. The molecular weight excluding hydrogens is 476 g/mol. The Labute approximate surface area is 214 Å². The molecule has 11 heteroatoms. The average Bonchev–Trinajstić information content (AvgIpc) is 3.37. The van der Waals surface area contributed by atoms with Gasteiger partial charge in [0.15, 0.2) is 11.6 Å².